The lowest BCUT2D eigenvalue weighted by atomic mass is 9.97. The largest absolute Gasteiger partial charge is 0.488 e. The molecule has 0 saturated heterocycles. The fourth-order valence-electron chi connectivity index (χ4n) is 5.86. The number of nitrogens with one attached hydrogen (secondary N) is 1. The Hall–Kier alpha value is -5.24. The van der Waals surface area contributed by atoms with Crippen molar-refractivity contribution in [2.24, 2.45) is 0 Å². The summed E-state index contributed by atoms with van der Waals surface area (Å²) in [4.78, 5) is 84.3. The molecule has 53 heavy (non-hydrogen) atoms. The van der Waals surface area contributed by atoms with Gasteiger partial charge in [-0.2, -0.15) is 0 Å². The number of imide groups is 1. The summed E-state index contributed by atoms with van der Waals surface area (Å²) in [5.74, 6) is -4.02. The zero-order valence-corrected chi connectivity index (χ0v) is 32.2. The van der Waals surface area contributed by atoms with Crippen LogP contribution in [0.2, 0.25) is 0 Å². The van der Waals surface area contributed by atoms with Crippen LogP contribution in [0.4, 0.5) is 9.80 Å². The molecule has 14 heteroatoms. The van der Waals surface area contributed by atoms with E-state index in [4.69, 9.17) is 18.9 Å². The average Bonchev–Trinajstić information content (AvgIpc) is 3.52. The van der Waals surface area contributed by atoms with Crippen LogP contribution in [0.1, 0.15) is 115 Å². The van der Waals surface area contributed by atoms with Gasteiger partial charge in [0.2, 0.25) is 0 Å². The van der Waals surface area contributed by atoms with E-state index in [2.05, 4.69) is 5.32 Å². The molecule has 2 aliphatic rings. The predicted octanol–water partition coefficient (Wildman–Crippen LogP) is 6.69. The van der Waals surface area contributed by atoms with Gasteiger partial charge in [-0.15, -0.1) is 11.3 Å². The van der Waals surface area contributed by atoms with Gasteiger partial charge in [0.05, 0.1) is 29.3 Å². The predicted molar refractivity (Wildman–Crippen MR) is 196 cm³/mol. The highest BCUT2D eigenvalue weighted by atomic mass is 32.1. The van der Waals surface area contributed by atoms with Crippen molar-refractivity contribution >= 4 is 52.1 Å². The monoisotopic (exact) mass is 747 g/mol. The van der Waals surface area contributed by atoms with Crippen molar-refractivity contribution in [2.45, 2.75) is 98.2 Å². The summed E-state index contributed by atoms with van der Waals surface area (Å²) < 4.78 is 22.7. The summed E-state index contributed by atoms with van der Waals surface area (Å²) in [5.41, 5.74) is -1.21. The maximum atomic E-state index is 14.1. The molecule has 3 heterocycles. The smallest absolute Gasteiger partial charge is 0.410 e. The van der Waals surface area contributed by atoms with Gasteiger partial charge in [0.15, 0.2) is 0 Å². The number of hydrogen-bond acceptors (Lipinski definition) is 11. The van der Waals surface area contributed by atoms with Gasteiger partial charge in [-0.25, -0.2) is 14.4 Å². The van der Waals surface area contributed by atoms with E-state index in [1.54, 1.807) is 80.5 Å². The number of nitrogens with zero attached hydrogens (tertiary/aromatic N) is 2. The van der Waals surface area contributed by atoms with Crippen LogP contribution in [0.5, 0.6) is 5.75 Å². The third-order valence-corrected chi connectivity index (χ3v) is 9.16. The van der Waals surface area contributed by atoms with E-state index in [9.17, 15) is 28.8 Å². The van der Waals surface area contributed by atoms with Gasteiger partial charge in [-0.05, 0) is 92.0 Å². The number of fused-ring (bicyclic) bond motifs is 2. The molecule has 0 bridgehead atoms. The molecule has 0 saturated carbocycles. The van der Waals surface area contributed by atoms with E-state index >= 15 is 0 Å². The summed E-state index contributed by atoms with van der Waals surface area (Å²) >= 11 is 0.942. The van der Waals surface area contributed by atoms with Gasteiger partial charge < -0.3 is 24.3 Å². The summed E-state index contributed by atoms with van der Waals surface area (Å²) in [6, 6.07) is 13.2. The summed E-state index contributed by atoms with van der Waals surface area (Å²) in [7, 11) is 0. The SMILES string of the molecule is CC(C)(C)OC(=O)C(=O)Nc1sc2c(c1C(=O)OC(C)(C)C)CCN(C(=O)OC(C)(C)C)C2CN1C(=O)c2cccc(OCc3ccccc3)c2C1=O. The molecule has 0 spiro atoms. The van der Waals surface area contributed by atoms with Gasteiger partial charge >= 0.3 is 23.9 Å². The van der Waals surface area contributed by atoms with Gasteiger partial charge in [0, 0.05) is 11.4 Å². The fourth-order valence-corrected chi connectivity index (χ4v) is 7.20. The molecular weight excluding hydrogens is 703 g/mol. The Bertz CT molecular complexity index is 1950. The van der Waals surface area contributed by atoms with Crippen molar-refractivity contribution in [3.8, 4) is 5.75 Å². The lowest BCUT2D eigenvalue weighted by Gasteiger charge is -2.38. The fraction of sp³-hybridized carbons (Fsp3) is 0.436. The molecule has 0 fully saturated rings. The number of ether oxygens (including phenoxy) is 4. The van der Waals surface area contributed by atoms with Crippen molar-refractivity contribution < 1.29 is 47.7 Å². The van der Waals surface area contributed by atoms with Gasteiger partial charge in [0.25, 0.3) is 11.8 Å². The zero-order chi connectivity index (χ0) is 39.0. The van der Waals surface area contributed by atoms with Crippen LogP contribution >= 0.6 is 11.3 Å². The molecule has 3 aromatic rings. The number of amides is 4. The van der Waals surface area contributed by atoms with Crippen molar-refractivity contribution in [3.63, 3.8) is 0 Å². The Morgan fingerprint density at radius 3 is 2.08 bits per heavy atom. The summed E-state index contributed by atoms with van der Waals surface area (Å²) in [6.07, 6.45) is -0.568. The molecule has 1 atom stereocenters. The molecular formula is C39H45N3O10S. The average molecular weight is 748 g/mol. The highest BCUT2D eigenvalue weighted by Crippen LogP contribution is 2.45. The van der Waals surface area contributed by atoms with Crippen LogP contribution in [0.15, 0.2) is 48.5 Å². The van der Waals surface area contributed by atoms with E-state index in [0.29, 0.717) is 10.4 Å². The molecule has 5 rings (SSSR count). The Labute approximate surface area is 312 Å². The number of esters is 2. The van der Waals surface area contributed by atoms with Crippen molar-refractivity contribution in [1.29, 1.82) is 0 Å². The Kier molecular flexibility index (Phi) is 10.8. The van der Waals surface area contributed by atoms with E-state index < -0.39 is 58.6 Å². The van der Waals surface area contributed by atoms with Crippen molar-refractivity contribution in [3.05, 3.63) is 81.2 Å². The minimum Gasteiger partial charge on any atom is -0.488 e. The second kappa shape index (κ2) is 14.6. The first kappa shape index (κ1) is 39.0. The molecule has 0 radical (unpaired) electrons. The third kappa shape index (κ3) is 9.05. The second-order valence-corrected chi connectivity index (χ2v) is 16.8. The molecule has 4 amide bonds. The zero-order valence-electron chi connectivity index (χ0n) is 31.4. The number of hydrogen-bond donors (Lipinski definition) is 1. The van der Waals surface area contributed by atoms with Gasteiger partial charge in [-0.1, -0.05) is 36.4 Å². The van der Waals surface area contributed by atoms with E-state index in [0.717, 1.165) is 21.8 Å². The number of benzene rings is 2. The minimum atomic E-state index is -1.16. The van der Waals surface area contributed by atoms with Gasteiger partial charge in [0.1, 0.15) is 34.2 Å². The van der Waals surface area contributed by atoms with Crippen LogP contribution in [0.3, 0.4) is 0 Å². The molecule has 2 aliphatic heterocycles. The maximum Gasteiger partial charge on any atom is 0.410 e. The van der Waals surface area contributed by atoms with E-state index in [-0.39, 0.29) is 53.6 Å². The minimum absolute atomic E-state index is 0.00429. The lowest BCUT2D eigenvalue weighted by Crippen LogP contribution is -2.47. The molecule has 282 valence electrons. The van der Waals surface area contributed by atoms with Gasteiger partial charge in [-0.3, -0.25) is 24.2 Å². The normalized spacial score (nSPS) is 15.8. The third-order valence-electron chi connectivity index (χ3n) is 7.92. The second-order valence-electron chi connectivity index (χ2n) is 15.7. The first-order chi connectivity index (χ1) is 24.6. The number of thiophene rings is 1. The molecule has 1 aromatic heterocycles. The quantitative estimate of drug-likeness (QED) is 0.119. The Morgan fingerprint density at radius 1 is 0.811 bits per heavy atom. The van der Waals surface area contributed by atoms with Crippen molar-refractivity contribution in [1.82, 2.24) is 9.80 Å². The number of carbonyl (C=O) groups excluding carboxylic acids is 6. The molecule has 1 N–H and O–H groups in total. The highest BCUT2D eigenvalue weighted by Gasteiger charge is 2.45. The van der Waals surface area contributed by atoms with E-state index in [1.165, 1.54) is 4.90 Å². The standard InChI is InChI=1S/C39H45N3O10S/c1-37(2,3)50-34(46)28-23-18-19-41(36(48)52-39(7,8)9)25(29(23)53-31(28)40-30(43)35(47)51-38(4,5)6)20-42-32(44)24-16-13-17-26(27(24)33(42)45)49-21-22-14-11-10-12-15-22/h10-17,25H,18-21H2,1-9H3,(H,40,43). The number of rotatable bonds is 7. The number of carbonyl (C=O) groups is 6. The van der Waals surface area contributed by atoms with Crippen LogP contribution in [-0.2, 0) is 36.8 Å². The topological polar surface area (TPSA) is 158 Å². The summed E-state index contributed by atoms with van der Waals surface area (Å²) in [6.45, 7) is 14.9. The van der Waals surface area contributed by atoms with Crippen LogP contribution < -0.4 is 10.1 Å². The van der Waals surface area contributed by atoms with Crippen LogP contribution in [0.25, 0.3) is 0 Å². The van der Waals surface area contributed by atoms with Crippen molar-refractivity contribution in [2.75, 3.05) is 18.4 Å². The first-order valence-electron chi connectivity index (χ1n) is 17.2. The Morgan fingerprint density at radius 2 is 1.45 bits per heavy atom. The van der Waals surface area contributed by atoms with Crippen LogP contribution in [-0.4, -0.2) is 75.4 Å². The molecule has 2 aromatic carbocycles. The van der Waals surface area contributed by atoms with Crippen LogP contribution in [0, 0.1) is 0 Å². The molecule has 0 aliphatic carbocycles. The van der Waals surface area contributed by atoms with E-state index in [1.807, 2.05) is 30.3 Å². The maximum absolute atomic E-state index is 14.1. The first-order valence-corrected chi connectivity index (χ1v) is 18.0. The molecule has 1 unspecified atom stereocenters. The lowest BCUT2D eigenvalue weighted by molar-refractivity contribution is -0.161. The molecule has 13 nitrogen and oxygen atoms in total. The Balaban J connectivity index is 1.56. The number of anilines is 1. The highest BCUT2D eigenvalue weighted by molar-refractivity contribution is 7.17. The summed E-state index contributed by atoms with van der Waals surface area (Å²) in [5, 5.41) is 2.52.